The van der Waals surface area contributed by atoms with Gasteiger partial charge in [0.2, 0.25) is 0 Å². The molecule has 1 N–H and O–H groups in total. The number of nitrogens with zero attached hydrogens (tertiary/aromatic N) is 1. The molecule has 1 aromatic carbocycles. The maximum absolute atomic E-state index is 9.37. The van der Waals surface area contributed by atoms with Gasteiger partial charge in [-0.25, -0.2) is 0 Å². The molecule has 0 bridgehead atoms. The highest BCUT2D eigenvalue weighted by Crippen LogP contribution is 2.55. The summed E-state index contributed by atoms with van der Waals surface area (Å²) in [6.07, 6.45) is 4.75. The monoisotopic (exact) mass is 413 g/mol. The molecule has 3 fully saturated rings. The van der Waals surface area contributed by atoms with Gasteiger partial charge in [0, 0.05) is 13.2 Å². The number of benzene rings is 1. The van der Waals surface area contributed by atoms with Crippen LogP contribution in [-0.4, -0.2) is 54.6 Å². The van der Waals surface area contributed by atoms with E-state index in [1.54, 1.807) is 0 Å². The Hall–Kier alpha value is -0.875. The van der Waals surface area contributed by atoms with Gasteiger partial charge < -0.3 is 19.3 Å². The predicted octanol–water partition coefficient (Wildman–Crippen LogP) is 3.75. The fourth-order valence-corrected chi connectivity index (χ4v) is 6.04. The highest BCUT2D eigenvalue weighted by molar-refractivity contribution is 6.62. The van der Waals surface area contributed by atoms with Gasteiger partial charge >= 0.3 is 7.12 Å². The highest BCUT2D eigenvalue weighted by Gasteiger charge is 2.52. The van der Waals surface area contributed by atoms with Crippen LogP contribution >= 0.6 is 0 Å². The normalized spacial score (nSPS) is 34.2. The molecule has 2 saturated heterocycles. The molecule has 30 heavy (non-hydrogen) atoms. The molecule has 166 valence electrons. The molecule has 4 nitrogen and oxygen atoms in total. The third-order valence-electron chi connectivity index (χ3n) is 8.34. The third-order valence-corrected chi connectivity index (χ3v) is 8.34. The Morgan fingerprint density at radius 3 is 1.97 bits per heavy atom. The van der Waals surface area contributed by atoms with Crippen LogP contribution in [0.25, 0.3) is 0 Å². The molecule has 0 radical (unpaired) electrons. The third kappa shape index (κ3) is 4.11. The van der Waals surface area contributed by atoms with Crippen molar-refractivity contribution in [3.05, 3.63) is 29.8 Å². The number of hydrogen-bond acceptors (Lipinski definition) is 4. The van der Waals surface area contributed by atoms with Crippen LogP contribution in [0.2, 0.25) is 0 Å². The summed E-state index contributed by atoms with van der Waals surface area (Å²) >= 11 is 0. The molecule has 0 aromatic heterocycles. The fraction of sp³-hybridized carbons (Fsp3) is 0.760. The van der Waals surface area contributed by atoms with Crippen molar-refractivity contribution in [1.82, 2.24) is 4.90 Å². The molecule has 1 aromatic rings. The van der Waals surface area contributed by atoms with Crippen molar-refractivity contribution in [2.24, 2.45) is 11.3 Å². The van der Waals surface area contributed by atoms with Crippen molar-refractivity contribution < 1.29 is 14.4 Å². The first-order valence-electron chi connectivity index (χ1n) is 11.7. The quantitative estimate of drug-likeness (QED) is 0.747. The van der Waals surface area contributed by atoms with E-state index < -0.39 is 0 Å². The summed E-state index contributed by atoms with van der Waals surface area (Å²) < 4.78 is 12.4. The van der Waals surface area contributed by atoms with Crippen molar-refractivity contribution in [3.8, 4) is 0 Å². The summed E-state index contributed by atoms with van der Waals surface area (Å²) in [5.74, 6) is 0.517. The summed E-state index contributed by atoms with van der Waals surface area (Å²) in [6, 6.07) is 8.95. The summed E-state index contributed by atoms with van der Waals surface area (Å²) in [4.78, 5) is 2.62. The molecule has 2 heterocycles. The lowest BCUT2D eigenvalue weighted by atomic mass is 9.51. The van der Waals surface area contributed by atoms with Gasteiger partial charge in [0.05, 0.1) is 11.2 Å². The van der Waals surface area contributed by atoms with Crippen LogP contribution in [0.5, 0.6) is 0 Å². The molecule has 1 aliphatic carbocycles. The average Bonchev–Trinajstić information content (AvgIpc) is 2.88. The Bertz CT molecular complexity index is 730. The SMILES string of the molecule is CC1(CN2CCC(CO)CC2)CC(C)(c2ccc(B3OC(C)(C)C(C)(C)O3)cc2)C1. The van der Waals surface area contributed by atoms with Gasteiger partial charge in [0.25, 0.3) is 0 Å². The van der Waals surface area contributed by atoms with Gasteiger partial charge in [-0.2, -0.15) is 0 Å². The molecular formula is C25H40BNO3. The second-order valence-corrected chi connectivity index (χ2v) is 11.8. The zero-order valence-electron chi connectivity index (χ0n) is 19.8. The Labute approximate surface area is 183 Å². The zero-order chi connectivity index (χ0) is 21.8. The van der Waals surface area contributed by atoms with Gasteiger partial charge in [-0.1, -0.05) is 38.1 Å². The first-order valence-corrected chi connectivity index (χ1v) is 11.7. The first-order chi connectivity index (χ1) is 14.0. The van der Waals surface area contributed by atoms with E-state index in [1.165, 1.54) is 24.9 Å². The van der Waals surface area contributed by atoms with Crippen LogP contribution in [0.1, 0.15) is 72.8 Å². The Morgan fingerprint density at radius 1 is 0.933 bits per heavy atom. The number of likely N-dealkylation sites (tertiary alicyclic amines) is 1. The fourth-order valence-electron chi connectivity index (χ4n) is 6.04. The predicted molar refractivity (Wildman–Crippen MR) is 123 cm³/mol. The van der Waals surface area contributed by atoms with E-state index in [1.807, 2.05) is 0 Å². The van der Waals surface area contributed by atoms with E-state index in [2.05, 4.69) is 70.7 Å². The van der Waals surface area contributed by atoms with Crippen molar-refractivity contribution in [3.63, 3.8) is 0 Å². The number of piperidine rings is 1. The largest absolute Gasteiger partial charge is 0.494 e. The van der Waals surface area contributed by atoms with Crippen molar-refractivity contribution in [2.45, 2.75) is 83.8 Å². The number of aliphatic hydroxyl groups excluding tert-OH is 1. The molecule has 4 rings (SSSR count). The number of rotatable bonds is 5. The van der Waals surface area contributed by atoms with Gasteiger partial charge in [-0.05, 0) is 94.2 Å². The minimum Gasteiger partial charge on any atom is -0.399 e. The zero-order valence-corrected chi connectivity index (χ0v) is 19.8. The lowest BCUT2D eigenvalue weighted by Crippen LogP contribution is -2.53. The van der Waals surface area contributed by atoms with Crippen LogP contribution in [0, 0.1) is 11.3 Å². The summed E-state index contributed by atoms with van der Waals surface area (Å²) in [5, 5.41) is 9.37. The smallest absolute Gasteiger partial charge is 0.399 e. The second-order valence-electron chi connectivity index (χ2n) is 11.8. The van der Waals surface area contributed by atoms with Crippen LogP contribution < -0.4 is 5.46 Å². The molecular weight excluding hydrogens is 373 g/mol. The van der Waals surface area contributed by atoms with Gasteiger partial charge in [-0.3, -0.25) is 0 Å². The van der Waals surface area contributed by atoms with E-state index in [4.69, 9.17) is 9.31 Å². The number of aliphatic hydroxyl groups is 1. The molecule has 0 unspecified atom stereocenters. The molecule has 3 aliphatic rings. The van der Waals surface area contributed by atoms with Gasteiger partial charge in [0.15, 0.2) is 0 Å². The number of hydrogen-bond donors (Lipinski definition) is 1. The van der Waals surface area contributed by atoms with Crippen molar-refractivity contribution in [1.29, 1.82) is 0 Å². The molecule has 2 aliphatic heterocycles. The van der Waals surface area contributed by atoms with Crippen molar-refractivity contribution >= 4 is 12.6 Å². The van der Waals surface area contributed by atoms with Crippen LogP contribution in [0.4, 0.5) is 0 Å². The maximum atomic E-state index is 9.37. The molecule has 0 spiro atoms. The molecule has 0 amide bonds. The van der Waals surface area contributed by atoms with Gasteiger partial charge in [-0.15, -0.1) is 0 Å². The first kappa shape index (κ1) is 22.3. The minimum atomic E-state index is -0.302. The lowest BCUT2D eigenvalue weighted by Gasteiger charge is -2.55. The molecule has 5 heteroatoms. The summed E-state index contributed by atoms with van der Waals surface area (Å²) in [7, 11) is -0.287. The van der Waals surface area contributed by atoms with Gasteiger partial charge in [0.1, 0.15) is 0 Å². The Morgan fingerprint density at radius 2 is 1.47 bits per heavy atom. The Kier molecular flexibility index (Phi) is 5.67. The topological polar surface area (TPSA) is 41.9 Å². The lowest BCUT2D eigenvalue weighted by molar-refractivity contribution is 0.000662. The average molecular weight is 413 g/mol. The molecule has 1 saturated carbocycles. The van der Waals surface area contributed by atoms with Crippen LogP contribution in [0.15, 0.2) is 24.3 Å². The van der Waals surface area contributed by atoms with Crippen LogP contribution in [-0.2, 0) is 14.7 Å². The Balaban J connectivity index is 1.35. The van der Waals surface area contributed by atoms with Crippen LogP contribution in [0.3, 0.4) is 0 Å². The van der Waals surface area contributed by atoms with E-state index in [0.29, 0.717) is 17.9 Å². The standard InChI is InChI=1S/C25H40BNO3/c1-22(2)23(3,4)30-26(29-22)21-9-7-20(8-10-21)25(6)16-24(5,17-25)18-27-13-11-19(15-28)12-14-27/h7-10,19,28H,11-18H2,1-6H3. The van der Waals surface area contributed by atoms with E-state index in [0.717, 1.165) is 31.4 Å². The van der Waals surface area contributed by atoms with Crippen molar-refractivity contribution in [2.75, 3.05) is 26.2 Å². The van der Waals surface area contributed by atoms with E-state index >= 15 is 0 Å². The maximum Gasteiger partial charge on any atom is 0.494 e. The second kappa shape index (κ2) is 7.62. The van der Waals surface area contributed by atoms with E-state index in [9.17, 15) is 5.11 Å². The minimum absolute atomic E-state index is 0.257. The van der Waals surface area contributed by atoms with E-state index in [-0.39, 0.29) is 23.7 Å². The highest BCUT2D eigenvalue weighted by atomic mass is 16.7. The molecule has 0 atom stereocenters. The summed E-state index contributed by atoms with van der Waals surface area (Å²) in [6.45, 7) is 17.1. The summed E-state index contributed by atoms with van der Waals surface area (Å²) in [5.41, 5.74) is 2.58.